The number of pyridine rings is 1. The number of hydrogen-bond acceptors (Lipinski definition) is 3. The van der Waals surface area contributed by atoms with E-state index in [1.54, 1.807) is 11.1 Å². The van der Waals surface area contributed by atoms with Crippen LogP contribution in [0.3, 0.4) is 0 Å². The van der Waals surface area contributed by atoms with E-state index in [-0.39, 0.29) is 5.91 Å². The summed E-state index contributed by atoms with van der Waals surface area (Å²) in [4.78, 5) is 25.5. The van der Waals surface area contributed by atoms with E-state index < -0.39 is 0 Å². The average Bonchev–Trinajstić information content (AvgIpc) is 3.12. The highest BCUT2D eigenvalue weighted by atomic mass is 16.2. The topological polar surface area (TPSA) is 45.6 Å². The van der Waals surface area contributed by atoms with Crippen LogP contribution in [0.5, 0.6) is 0 Å². The van der Waals surface area contributed by atoms with Crippen LogP contribution in [0, 0.1) is 13.8 Å². The summed E-state index contributed by atoms with van der Waals surface area (Å²) in [5, 5.41) is 2.95. The van der Waals surface area contributed by atoms with Crippen LogP contribution in [0.15, 0.2) is 96.1 Å². The lowest BCUT2D eigenvalue weighted by atomic mass is 10.0. The minimum absolute atomic E-state index is 0.0788. The van der Waals surface area contributed by atoms with Crippen molar-refractivity contribution in [1.29, 1.82) is 0 Å². The second-order valence-electron chi connectivity index (χ2n) is 8.38. The Kier molecular flexibility index (Phi) is 4.34. The molecule has 1 aliphatic rings. The van der Waals surface area contributed by atoms with Gasteiger partial charge in [0.2, 0.25) is 0 Å². The number of para-hydroxylation sites is 2. The monoisotopic (exact) mass is 427 g/mol. The molecule has 2 heterocycles. The molecule has 0 unspecified atom stereocenters. The summed E-state index contributed by atoms with van der Waals surface area (Å²) in [6.07, 6.45) is 1.76. The van der Waals surface area contributed by atoms with Crippen LogP contribution in [-0.2, 0) is 0 Å². The van der Waals surface area contributed by atoms with Crippen molar-refractivity contribution >= 4 is 44.8 Å². The second-order valence-corrected chi connectivity index (χ2v) is 8.38. The lowest BCUT2D eigenvalue weighted by Gasteiger charge is -2.19. The summed E-state index contributed by atoms with van der Waals surface area (Å²) in [6, 6.07) is 28.1. The van der Waals surface area contributed by atoms with Crippen molar-refractivity contribution in [3.05, 3.63) is 113 Å². The first kappa shape index (κ1) is 19.4. The van der Waals surface area contributed by atoms with Crippen LogP contribution in [0.2, 0.25) is 0 Å². The number of rotatable bonds is 2. The maximum atomic E-state index is 14.0. The van der Waals surface area contributed by atoms with Crippen LogP contribution in [0.25, 0.3) is 21.7 Å². The van der Waals surface area contributed by atoms with E-state index in [2.05, 4.69) is 11.1 Å². The van der Waals surface area contributed by atoms with Crippen LogP contribution in [-0.4, -0.2) is 16.7 Å². The Labute approximate surface area is 191 Å². The quantitative estimate of drug-likeness (QED) is 0.313. The molecule has 158 valence electrons. The van der Waals surface area contributed by atoms with Crippen molar-refractivity contribution in [2.45, 2.75) is 13.8 Å². The zero-order chi connectivity index (χ0) is 22.5. The van der Waals surface area contributed by atoms with Crippen LogP contribution in [0.4, 0.5) is 11.4 Å². The molecule has 1 aromatic heterocycles. The summed E-state index contributed by atoms with van der Waals surface area (Å²) in [5.41, 5.74) is 6.07. The van der Waals surface area contributed by atoms with Gasteiger partial charge >= 0.3 is 0 Å². The molecular formula is C29H21N3O. The summed E-state index contributed by atoms with van der Waals surface area (Å²) < 4.78 is 0. The number of anilines is 1. The van der Waals surface area contributed by atoms with Crippen LogP contribution >= 0.6 is 0 Å². The highest BCUT2D eigenvalue weighted by Crippen LogP contribution is 2.38. The molecular weight excluding hydrogens is 406 g/mol. The van der Waals surface area contributed by atoms with Gasteiger partial charge in [-0.05, 0) is 53.9 Å². The largest absolute Gasteiger partial charge is 0.268 e. The molecule has 4 heteroatoms. The lowest BCUT2D eigenvalue weighted by Crippen LogP contribution is -2.30. The Bertz CT molecular complexity index is 1590. The molecule has 0 N–H and O–H groups in total. The minimum Gasteiger partial charge on any atom is -0.268 e. The first-order valence-corrected chi connectivity index (χ1v) is 11.0. The standard InChI is InChI=1S/C29H21N3O/c1-18-8-5-9-19(2)26(18)31-28-23-16-15-20-10-3-4-13-22(20)25(23)29(33)32(28)24-14-6-11-21-12-7-17-30-27(21)24/h3-17H,1-2H3. The number of amidine groups is 1. The average molecular weight is 428 g/mol. The summed E-state index contributed by atoms with van der Waals surface area (Å²) in [5.74, 6) is 0.557. The van der Waals surface area contributed by atoms with Gasteiger partial charge in [0.15, 0.2) is 0 Å². The fraction of sp³-hybridized carbons (Fsp3) is 0.0690. The van der Waals surface area contributed by atoms with Gasteiger partial charge in [0.1, 0.15) is 5.84 Å². The van der Waals surface area contributed by atoms with Gasteiger partial charge in [0.25, 0.3) is 5.91 Å². The van der Waals surface area contributed by atoms with E-state index in [0.29, 0.717) is 11.4 Å². The third kappa shape index (κ3) is 2.95. The van der Waals surface area contributed by atoms with Gasteiger partial charge in [0, 0.05) is 17.1 Å². The Morgan fingerprint density at radius 3 is 2.33 bits per heavy atom. The van der Waals surface area contributed by atoms with Crippen LogP contribution < -0.4 is 4.90 Å². The first-order chi connectivity index (χ1) is 16.1. The fourth-order valence-corrected chi connectivity index (χ4v) is 4.71. The number of amides is 1. The van der Waals surface area contributed by atoms with Gasteiger partial charge in [0.05, 0.1) is 22.5 Å². The van der Waals surface area contributed by atoms with Crippen LogP contribution in [0.1, 0.15) is 27.0 Å². The first-order valence-electron chi connectivity index (χ1n) is 11.0. The highest BCUT2D eigenvalue weighted by molar-refractivity contribution is 6.40. The van der Waals surface area contributed by atoms with Crippen molar-refractivity contribution < 1.29 is 4.79 Å². The zero-order valence-electron chi connectivity index (χ0n) is 18.4. The minimum atomic E-state index is -0.0788. The molecule has 33 heavy (non-hydrogen) atoms. The predicted octanol–water partition coefficient (Wildman–Crippen LogP) is 6.74. The Balaban J connectivity index is 1.69. The number of carbonyl (C=O) groups excluding carboxylic acids is 1. The SMILES string of the molecule is Cc1cccc(C)c1N=C1c2ccc3ccccc3c2C(=O)N1c1cccc2cccnc12. The highest BCUT2D eigenvalue weighted by Gasteiger charge is 2.37. The predicted molar refractivity (Wildman–Crippen MR) is 135 cm³/mol. The molecule has 4 aromatic carbocycles. The number of hydrogen-bond donors (Lipinski definition) is 0. The van der Waals surface area contributed by atoms with Crippen molar-refractivity contribution in [2.75, 3.05) is 4.90 Å². The second kappa shape index (κ2) is 7.38. The summed E-state index contributed by atoms with van der Waals surface area (Å²) in [6.45, 7) is 4.10. The van der Waals surface area contributed by atoms with Crippen molar-refractivity contribution in [2.24, 2.45) is 4.99 Å². The molecule has 0 fully saturated rings. The molecule has 1 amide bonds. The molecule has 0 saturated heterocycles. The van der Waals surface area contributed by atoms with Gasteiger partial charge < -0.3 is 0 Å². The Hall–Kier alpha value is -4.31. The summed E-state index contributed by atoms with van der Waals surface area (Å²) in [7, 11) is 0. The summed E-state index contributed by atoms with van der Waals surface area (Å²) >= 11 is 0. The number of nitrogens with zero attached hydrogens (tertiary/aromatic N) is 3. The van der Waals surface area contributed by atoms with Gasteiger partial charge in [-0.15, -0.1) is 0 Å². The molecule has 0 spiro atoms. The molecule has 6 rings (SSSR count). The van der Waals surface area contributed by atoms with Crippen molar-refractivity contribution in [1.82, 2.24) is 4.98 Å². The van der Waals surface area contributed by atoms with Gasteiger partial charge in [-0.25, -0.2) is 4.99 Å². The van der Waals surface area contributed by atoms with E-state index >= 15 is 0 Å². The lowest BCUT2D eigenvalue weighted by molar-refractivity contribution is 0.101. The molecule has 5 aromatic rings. The Morgan fingerprint density at radius 2 is 1.48 bits per heavy atom. The molecule has 0 bridgehead atoms. The molecule has 0 aliphatic carbocycles. The molecule has 0 saturated carbocycles. The normalized spacial score (nSPS) is 14.4. The number of aliphatic imine (C=N–C) groups is 1. The third-order valence-corrected chi connectivity index (χ3v) is 6.31. The third-order valence-electron chi connectivity index (χ3n) is 6.31. The molecule has 1 aliphatic heterocycles. The number of aryl methyl sites for hydroxylation is 2. The van der Waals surface area contributed by atoms with E-state index in [9.17, 15) is 4.79 Å². The van der Waals surface area contributed by atoms with Gasteiger partial charge in [-0.3, -0.25) is 14.7 Å². The van der Waals surface area contributed by atoms with E-state index in [1.165, 1.54) is 0 Å². The number of benzene rings is 4. The fourth-order valence-electron chi connectivity index (χ4n) is 4.71. The van der Waals surface area contributed by atoms with Crippen molar-refractivity contribution in [3.63, 3.8) is 0 Å². The number of carbonyl (C=O) groups is 1. The zero-order valence-corrected chi connectivity index (χ0v) is 18.4. The van der Waals surface area contributed by atoms with E-state index in [1.807, 2.05) is 92.7 Å². The molecule has 0 atom stereocenters. The maximum Gasteiger partial charge on any atom is 0.265 e. The van der Waals surface area contributed by atoms with E-state index in [4.69, 9.17) is 4.99 Å². The number of fused-ring (bicyclic) bond motifs is 4. The Morgan fingerprint density at radius 1 is 0.758 bits per heavy atom. The van der Waals surface area contributed by atoms with Crippen molar-refractivity contribution in [3.8, 4) is 0 Å². The van der Waals surface area contributed by atoms with E-state index in [0.717, 1.165) is 49.7 Å². The number of aromatic nitrogens is 1. The van der Waals surface area contributed by atoms with Gasteiger partial charge in [-0.2, -0.15) is 0 Å². The van der Waals surface area contributed by atoms with Gasteiger partial charge in [-0.1, -0.05) is 66.7 Å². The molecule has 0 radical (unpaired) electrons. The molecule has 4 nitrogen and oxygen atoms in total. The smallest absolute Gasteiger partial charge is 0.265 e. The maximum absolute atomic E-state index is 14.0.